The van der Waals surface area contributed by atoms with Crippen LogP contribution in [-0.2, 0) is 4.74 Å². The van der Waals surface area contributed by atoms with Crippen molar-refractivity contribution in [3.63, 3.8) is 0 Å². The number of nitrogens with one attached hydrogen (secondary N) is 1. The Labute approximate surface area is 99.1 Å². The standard InChI is InChI=1S/C14H25NO/c1-13(2)10-4-6-14(13,3)12(8-10)16-11-5-7-15-9-11/h10-12,15H,4-9H2,1-3H3/t10?,11-,12?,14?/m1/s1. The lowest BCUT2D eigenvalue weighted by Gasteiger charge is -2.39. The second kappa shape index (κ2) is 3.46. The molecule has 1 N–H and O–H groups in total. The minimum atomic E-state index is 0.431. The molecule has 2 heteroatoms. The van der Waals surface area contributed by atoms with Gasteiger partial charge in [0.15, 0.2) is 0 Å². The van der Waals surface area contributed by atoms with Crippen LogP contribution in [0.3, 0.4) is 0 Å². The zero-order valence-electron chi connectivity index (χ0n) is 10.9. The lowest BCUT2D eigenvalue weighted by Crippen LogP contribution is -2.39. The summed E-state index contributed by atoms with van der Waals surface area (Å²) in [6.07, 6.45) is 6.31. The van der Waals surface area contributed by atoms with Gasteiger partial charge < -0.3 is 10.1 Å². The number of fused-ring (bicyclic) bond motifs is 2. The largest absolute Gasteiger partial charge is 0.373 e. The summed E-state index contributed by atoms with van der Waals surface area (Å²) in [7, 11) is 0. The first kappa shape index (κ1) is 11.0. The van der Waals surface area contributed by atoms with Gasteiger partial charge in [0.05, 0.1) is 12.2 Å². The molecule has 3 rings (SSSR count). The highest BCUT2D eigenvalue weighted by Crippen LogP contribution is 2.66. The number of rotatable bonds is 2. The van der Waals surface area contributed by atoms with Gasteiger partial charge >= 0.3 is 0 Å². The molecular formula is C14H25NO. The highest BCUT2D eigenvalue weighted by molar-refractivity contribution is 5.11. The molecule has 1 saturated heterocycles. The lowest BCUT2D eigenvalue weighted by molar-refractivity contribution is -0.0793. The summed E-state index contributed by atoms with van der Waals surface area (Å²) in [6, 6.07) is 0. The molecule has 3 unspecified atom stereocenters. The molecule has 2 nitrogen and oxygen atoms in total. The van der Waals surface area contributed by atoms with Crippen molar-refractivity contribution in [3.05, 3.63) is 0 Å². The summed E-state index contributed by atoms with van der Waals surface area (Å²) in [5.41, 5.74) is 0.921. The van der Waals surface area contributed by atoms with Gasteiger partial charge in [-0.15, -0.1) is 0 Å². The first-order valence-corrected chi connectivity index (χ1v) is 6.90. The Morgan fingerprint density at radius 3 is 2.50 bits per heavy atom. The average Bonchev–Trinajstić information content (AvgIpc) is 2.84. The molecule has 2 bridgehead atoms. The molecule has 4 atom stereocenters. The maximum atomic E-state index is 6.38. The zero-order valence-corrected chi connectivity index (χ0v) is 10.9. The molecule has 1 aliphatic heterocycles. The molecule has 0 aromatic carbocycles. The normalized spacial score (nSPS) is 50.1. The monoisotopic (exact) mass is 223 g/mol. The van der Waals surface area contributed by atoms with E-state index in [1.165, 1.54) is 25.7 Å². The fraction of sp³-hybridized carbons (Fsp3) is 1.00. The molecule has 16 heavy (non-hydrogen) atoms. The highest BCUT2D eigenvalue weighted by Gasteiger charge is 2.62. The van der Waals surface area contributed by atoms with Gasteiger partial charge in [-0.25, -0.2) is 0 Å². The van der Waals surface area contributed by atoms with Gasteiger partial charge in [-0.05, 0) is 49.0 Å². The minimum absolute atomic E-state index is 0.431. The summed E-state index contributed by atoms with van der Waals surface area (Å²) in [5, 5.41) is 3.40. The van der Waals surface area contributed by atoms with Crippen molar-refractivity contribution in [2.24, 2.45) is 16.7 Å². The average molecular weight is 223 g/mol. The van der Waals surface area contributed by atoms with Crippen molar-refractivity contribution in [1.82, 2.24) is 5.32 Å². The number of hydrogen-bond acceptors (Lipinski definition) is 2. The second-order valence-corrected chi connectivity index (χ2v) is 6.85. The Bertz CT molecular complexity index is 282. The van der Waals surface area contributed by atoms with E-state index in [4.69, 9.17) is 4.74 Å². The smallest absolute Gasteiger partial charge is 0.0715 e. The Balaban J connectivity index is 1.74. The predicted molar refractivity (Wildman–Crippen MR) is 65.4 cm³/mol. The van der Waals surface area contributed by atoms with Crippen LogP contribution in [0, 0.1) is 16.7 Å². The van der Waals surface area contributed by atoms with Crippen molar-refractivity contribution in [2.45, 2.75) is 58.7 Å². The topological polar surface area (TPSA) is 21.3 Å². The van der Waals surface area contributed by atoms with E-state index in [2.05, 4.69) is 26.1 Å². The van der Waals surface area contributed by atoms with E-state index >= 15 is 0 Å². The van der Waals surface area contributed by atoms with Crippen LogP contribution in [0.4, 0.5) is 0 Å². The fourth-order valence-corrected chi connectivity index (χ4v) is 4.31. The van der Waals surface area contributed by atoms with Crippen LogP contribution < -0.4 is 5.32 Å². The first-order chi connectivity index (χ1) is 7.54. The van der Waals surface area contributed by atoms with Gasteiger partial charge in [-0.1, -0.05) is 20.8 Å². The van der Waals surface area contributed by atoms with Crippen LogP contribution >= 0.6 is 0 Å². The summed E-state index contributed by atoms with van der Waals surface area (Å²) >= 11 is 0. The van der Waals surface area contributed by atoms with Gasteiger partial charge in [-0.3, -0.25) is 0 Å². The van der Waals surface area contributed by atoms with Crippen LogP contribution in [0.15, 0.2) is 0 Å². The van der Waals surface area contributed by atoms with Gasteiger partial charge in [-0.2, -0.15) is 0 Å². The molecule has 3 aliphatic rings. The van der Waals surface area contributed by atoms with E-state index in [0.717, 1.165) is 19.0 Å². The van der Waals surface area contributed by atoms with E-state index in [9.17, 15) is 0 Å². The third kappa shape index (κ3) is 1.32. The van der Waals surface area contributed by atoms with E-state index < -0.39 is 0 Å². The van der Waals surface area contributed by atoms with Crippen LogP contribution in [0.1, 0.15) is 46.5 Å². The van der Waals surface area contributed by atoms with Crippen LogP contribution in [0.5, 0.6) is 0 Å². The molecule has 0 aromatic rings. The van der Waals surface area contributed by atoms with E-state index in [1.807, 2.05) is 0 Å². The fourth-order valence-electron chi connectivity index (χ4n) is 4.31. The Morgan fingerprint density at radius 2 is 2.00 bits per heavy atom. The minimum Gasteiger partial charge on any atom is -0.373 e. The van der Waals surface area contributed by atoms with Crippen molar-refractivity contribution >= 4 is 0 Å². The van der Waals surface area contributed by atoms with Crippen LogP contribution in [0.25, 0.3) is 0 Å². The third-order valence-electron chi connectivity index (χ3n) is 6.09. The summed E-state index contributed by atoms with van der Waals surface area (Å²) in [5.74, 6) is 0.900. The maximum Gasteiger partial charge on any atom is 0.0715 e. The molecule has 1 heterocycles. The second-order valence-electron chi connectivity index (χ2n) is 6.85. The molecule has 0 radical (unpaired) electrons. The molecule has 92 valence electrons. The molecule has 2 saturated carbocycles. The SMILES string of the molecule is CC1(C)C2CCC1(C)C(O[C@@H]1CCNC1)C2. The van der Waals surface area contributed by atoms with E-state index in [0.29, 0.717) is 23.0 Å². The third-order valence-corrected chi connectivity index (χ3v) is 6.09. The molecule has 0 amide bonds. The molecular weight excluding hydrogens is 198 g/mol. The lowest BCUT2D eigenvalue weighted by atomic mass is 9.70. The van der Waals surface area contributed by atoms with Crippen molar-refractivity contribution in [3.8, 4) is 0 Å². The number of hydrogen-bond donors (Lipinski definition) is 1. The molecule has 2 aliphatic carbocycles. The van der Waals surface area contributed by atoms with Gasteiger partial charge in [0, 0.05) is 6.54 Å². The van der Waals surface area contributed by atoms with Gasteiger partial charge in [0.25, 0.3) is 0 Å². The maximum absolute atomic E-state index is 6.38. The molecule has 0 spiro atoms. The van der Waals surface area contributed by atoms with Crippen molar-refractivity contribution in [1.29, 1.82) is 0 Å². The zero-order chi connectivity index (χ0) is 11.4. The van der Waals surface area contributed by atoms with Crippen LogP contribution in [0.2, 0.25) is 0 Å². The quantitative estimate of drug-likeness (QED) is 0.777. The van der Waals surface area contributed by atoms with E-state index in [1.54, 1.807) is 0 Å². The predicted octanol–water partition coefficient (Wildman–Crippen LogP) is 2.58. The Hall–Kier alpha value is -0.0800. The van der Waals surface area contributed by atoms with Crippen LogP contribution in [-0.4, -0.2) is 25.3 Å². The van der Waals surface area contributed by atoms with Crippen molar-refractivity contribution in [2.75, 3.05) is 13.1 Å². The molecule has 3 fully saturated rings. The summed E-state index contributed by atoms with van der Waals surface area (Å²) in [4.78, 5) is 0. The van der Waals surface area contributed by atoms with Crippen molar-refractivity contribution < 1.29 is 4.74 Å². The summed E-state index contributed by atoms with van der Waals surface area (Å²) in [6.45, 7) is 9.59. The Kier molecular flexibility index (Phi) is 2.38. The first-order valence-electron chi connectivity index (χ1n) is 6.90. The van der Waals surface area contributed by atoms with Gasteiger partial charge in [0.1, 0.15) is 0 Å². The number of ether oxygens (including phenoxy) is 1. The Morgan fingerprint density at radius 1 is 1.19 bits per heavy atom. The summed E-state index contributed by atoms with van der Waals surface area (Å²) < 4.78 is 6.38. The highest BCUT2D eigenvalue weighted by atomic mass is 16.5. The molecule has 0 aromatic heterocycles. The van der Waals surface area contributed by atoms with E-state index in [-0.39, 0.29) is 0 Å². The van der Waals surface area contributed by atoms with Gasteiger partial charge in [0.2, 0.25) is 0 Å².